The minimum Gasteiger partial charge on any atom is -0.497 e. The average molecular weight is 497 g/mol. The summed E-state index contributed by atoms with van der Waals surface area (Å²) in [5.41, 5.74) is 3.72. The molecule has 0 bridgehead atoms. The molecule has 7 nitrogen and oxygen atoms in total. The molecule has 0 saturated heterocycles. The summed E-state index contributed by atoms with van der Waals surface area (Å²) in [5, 5.41) is 4.01. The number of halogens is 1. The third-order valence-electron chi connectivity index (χ3n) is 4.30. The molecule has 0 aliphatic rings. The van der Waals surface area contributed by atoms with Gasteiger partial charge in [0.25, 0.3) is 5.91 Å². The fourth-order valence-electron chi connectivity index (χ4n) is 2.75. The van der Waals surface area contributed by atoms with Crippen LogP contribution in [0, 0.1) is 0 Å². The number of carbonyl (C=O) groups is 2. The highest BCUT2D eigenvalue weighted by Crippen LogP contribution is 2.23. The zero-order valence-electron chi connectivity index (χ0n) is 17.5. The molecule has 0 heterocycles. The summed E-state index contributed by atoms with van der Waals surface area (Å²) in [6.07, 6.45) is 1.41. The van der Waals surface area contributed by atoms with Crippen LogP contribution in [0.25, 0.3) is 0 Å². The van der Waals surface area contributed by atoms with Crippen LogP contribution < -0.4 is 19.6 Å². The molecule has 1 amide bonds. The minimum atomic E-state index is -0.520. The standard InChI is InChI=1S/C24H21BrN2O5/c1-3-31-22-13-10-18(25)14-20(22)23(28)27-26-15-17-6-4-5-7-21(17)32-24(29)16-8-11-19(30-2)12-9-16/h4-15H,3H2,1-2H3,(H,27,28)/b26-15+. The van der Waals surface area contributed by atoms with Crippen LogP contribution in [-0.4, -0.2) is 31.8 Å². The molecule has 3 aromatic carbocycles. The Morgan fingerprint density at radius 3 is 2.50 bits per heavy atom. The van der Waals surface area contributed by atoms with Gasteiger partial charge in [-0.25, -0.2) is 10.2 Å². The smallest absolute Gasteiger partial charge is 0.343 e. The van der Waals surface area contributed by atoms with E-state index in [9.17, 15) is 9.59 Å². The van der Waals surface area contributed by atoms with Crippen LogP contribution >= 0.6 is 15.9 Å². The minimum absolute atomic E-state index is 0.309. The molecule has 0 aliphatic heterocycles. The van der Waals surface area contributed by atoms with Gasteiger partial charge < -0.3 is 14.2 Å². The van der Waals surface area contributed by atoms with E-state index in [1.54, 1.807) is 73.8 Å². The molecule has 0 radical (unpaired) electrons. The van der Waals surface area contributed by atoms with Gasteiger partial charge in [-0.05, 0) is 61.5 Å². The Balaban J connectivity index is 1.71. The van der Waals surface area contributed by atoms with Crippen LogP contribution in [0.1, 0.15) is 33.2 Å². The van der Waals surface area contributed by atoms with Gasteiger partial charge in [-0.15, -0.1) is 0 Å². The van der Waals surface area contributed by atoms with Gasteiger partial charge in [0.2, 0.25) is 0 Å². The van der Waals surface area contributed by atoms with E-state index in [1.165, 1.54) is 6.21 Å². The largest absolute Gasteiger partial charge is 0.497 e. The number of esters is 1. The second-order valence-corrected chi connectivity index (χ2v) is 7.34. The molecular weight excluding hydrogens is 476 g/mol. The molecule has 0 aromatic heterocycles. The van der Waals surface area contributed by atoms with Gasteiger partial charge in [0.1, 0.15) is 17.2 Å². The maximum atomic E-state index is 12.6. The first-order valence-corrected chi connectivity index (χ1v) is 10.5. The van der Waals surface area contributed by atoms with Crippen molar-refractivity contribution in [2.75, 3.05) is 13.7 Å². The molecule has 1 N–H and O–H groups in total. The number of hydrogen-bond donors (Lipinski definition) is 1. The first-order chi connectivity index (χ1) is 15.5. The predicted octanol–water partition coefficient (Wildman–Crippen LogP) is 4.84. The maximum absolute atomic E-state index is 12.6. The molecular formula is C24H21BrN2O5. The summed E-state index contributed by atoms with van der Waals surface area (Å²) in [5.74, 6) is 0.454. The lowest BCUT2D eigenvalue weighted by Crippen LogP contribution is -2.19. The summed E-state index contributed by atoms with van der Waals surface area (Å²) < 4.78 is 16.8. The van der Waals surface area contributed by atoms with Crippen molar-refractivity contribution in [2.45, 2.75) is 6.92 Å². The van der Waals surface area contributed by atoms with Crippen LogP contribution in [-0.2, 0) is 0 Å². The van der Waals surface area contributed by atoms with Gasteiger partial charge in [-0.3, -0.25) is 4.79 Å². The lowest BCUT2D eigenvalue weighted by Gasteiger charge is -2.09. The highest BCUT2D eigenvalue weighted by molar-refractivity contribution is 9.10. The Kier molecular flexibility index (Phi) is 7.99. The van der Waals surface area contributed by atoms with E-state index < -0.39 is 11.9 Å². The molecule has 0 fully saturated rings. The fourth-order valence-corrected chi connectivity index (χ4v) is 3.11. The predicted molar refractivity (Wildman–Crippen MR) is 125 cm³/mol. The molecule has 0 spiro atoms. The number of hydrogen-bond acceptors (Lipinski definition) is 6. The van der Waals surface area contributed by atoms with Crippen LogP contribution in [0.4, 0.5) is 0 Å². The van der Waals surface area contributed by atoms with E-state index in [0.717, 1.165) is 4.47 Å². The van der Waals surface area contributed by atoms with Crippen molar-refractivity contribution in [3.05, 3.63) is 87.9 Å². The Morgan fingerprint density at radius 2 is 1.78 bits per heavy atom. The highest BCUT2D eigenvalue weighted by atomic mass is 79.9. The summed E-state index contributed by atoms with van der Waals surface area (Å²) in [6.45, 7) is 2.27. The van der Waals surface area contributed by atoms with Crippen LogP contribution in [0.2, 0.25) is 0 Å². The monoisotopic (exact) mass is 496 g/mol. The van der Waals surface area contributed by atoms with Gasteiger partial charge in [-0.2, -0.15) is 5.10 Å². The lowest BCUT2D eigenvalue weighted by molar-refractivity contribution is 0.0734. The van der Waals surface area contributed by atoms with Crippen molar-refractivity contribution in [1.29, 1.82) is 0 Å². The topological polar surface area (TPSA) is 86.2 Å². The third kappa shape index (κ3) is 5.95. The fraction of sp³-hybridized carbons (Fsp3) is 0.125. The molecule has 3 rings (SSSR count). The summed E-state index contributed by atoms with van der Waals surface area (Å²) in [7, 11) is 1.55. The molecule has 0 unspecified atom stereocenters. The van der Waals surface area contributed by atoms with Crippen LogP contribution in [0.5, 0.6) is 17.2 Å². The Morgan fingerprint density at radius 1 is 1.03 bits per heavy atom. The number of methoxy groups -OCH3 is 1. The van der Waals surface area contributed by atoms with Gasteiger partial charge in [0.05, 0.1) is 31.1 Å². The number of amides is 1. The number of nitrogens with one attached hydrogen (secondary N) is 1. The maximum Gasteiger partial charge on any atom is 0.343 e. The zero-order valence-corrected chi connectivity index (χ0v) is 19.1. The normalized spacial score (nSPS) is 10.6. The summed E-state index contributed by atoms with van der Waals surface area (Å²) in [4.78, 5) is 25.0. The number of benzene rings is 3. The molecule has 3 aromatic rings. The van der Waals surface area contributed by atoms with E-state index in [2.05, 4.69) is 26.5 Å². The van der Waals surface area contributed by atoms with Gasteiger partial charge >= 0.3 is 5.97 Å². The number of hydrazone groups is 1. The quantitative estimate of drug-likeness (QED) is 0.208. The molecule has 0 atom stereocenters. The highest BCUT2D eigenvalue weighted by Gasteiger charge is 2.14. The second kappa shape index (κ2) is 11.1. The van der Waals surface area contributed by atoms with Crippen molar-refractivity contribution in [2.24, 2.45) is 5.10 Å². The number of carbonyl (C=O) groups excluding carboxylic acids is 2. The lowest BCUT2D eigenvalue weighted by atomic mass is 10.2. The Hall–Kier alpha value is -3.65. The Labute approximate surface area is 194 Å². The second-order valence-electron chi connectivity index (χ2n) is 6.43. The first-order valence-electron chi connectivity index (χ1n) is 9.72. The number of rotatable bonds is 8. The average Bonchev–Trinajstić information content (AvgIpc) is 2.81. The van der Waals surface area contributed by atoms with Crippen molar-refractivity contribution < 1.29 is 23.8 Å². The van der Waals surface area contributed by atoms with E-state index in [4.69, 9.17) is 14.2 Å². The van der Waals surface area contributed by atoms with E-state index in [1.807, 2.05) is 6.92 Å². The van der Waals surface area contributed by atoms with Gasteiger partial charge in [0.15, 0.2) is 0 Å². The van der Waals surface area contributed by atoms with E-state index in [-0.39, 0.29) is 0 Å². The SMILES string of the molecule is CCOc1ccc(Br)cc1C(=O)N/N=C/c1ccccc1OC(=O)c1ccc(OC)cc1. The summed E-state index contributed by atoms with van der Waals surface area (Å²) >= 11 is 3.35. The molecule has 8 heteroatoms. The number of ether oxygens (including phenoxy) is 3. The van der Waals surface area contributed by atoms with Crippen molar-refractivity contribution in [1.82, 2.24) is 5.43 Å². The Bertz CT molecular complexity index is 1130. The van der Waals surface area contributed by atoms with Crippen molar-refractivity contribution in [3.8, 4) is 17.2 Å². The van der Waals surface area contributed by atoms with E-state index >= 15 is 0 Å². The number of para-hydroxylation sites is 1. The van der Waals surface area contributed by atoms with Crippen molar-refractivity contribution in [3.63, 3.8) is 0 Å². The van der Waals surface area contributed by atoms with Crippen LogP contribution in [0.15, 0.2) is 76.3 Å². The van der Waals surface area contributed by atoms with Gasteiger partial charge in [-0.1, -0.05) is 28.1 Å². The molecule has 0 saturated carbocycles. The zero-order chi connectivity index (χ0) is 22.9. The molecule has 164 valence electrons. The third-order valence-corrected chi connectivity index (χ3v) is 4.80. The van der Waals surface area contributed by atoms with Crippen molar-refractivity contribution >= 4 is 34.0 Å². The summed E-state index contributed by atoms with van der Waals surface area (Å²) in [6, 6.07) is 18.6. The number of nitrogens with zero attached hydrogens (tertiary/aromatic N) is 1. The molecule has 32 heavy (non-hydrogen) atoms. The van der Waals surface area contributed by atoms with E-state index in [0.29, 0.717) is 40.5 Å². The van der Waals surface area contributed by atoms with Gasteiger partial charge in [0, 0.05) is 10.0 Å². The molecule has 0 aliphatic carbocycles. The first kappa shape index (κ1) is 23.0. The van der Waals surface area contributed by atoms with Crippen LogP contribution in [0.3, 0.4) is 0 Å².